The van der Waals surface area contributed by atoms with Crippen molar-refractivity contribution in [3.05, 3.63) is 29.3 Å². The highest BCUT2D eigenvalue weighted by Crippen LogP contribution is 2.30. The number of hydrogen-bond donors (Lipinski definition) is 0. The summed E-state index contributed by atoms with van der Waals surface area (Å²) >= 11 is 1.54. The molecule has 1 aromatic heterocycles. The Balaban J connectivity index is 1.85. The summed E-state index contributed by atoms with van der Waals surface area (Å²) in [5.41, 5.74) is 0.909. The number of morpholine rings is 1. The third-order valence-corrected chi connectivity index (χ3v) is 7.14. The topological polar surface area (TPSA) is 62.7 Å². The Morgan fingerprint density at radius 2 is 2.00 bits per heavy atom. The van der Waals surface area contributed by atoms with Gasteiger partial charge in [-0.15, -0.1) is 11.3 Å². The summed E-state index contributed by atoms with van der Waals surface area (Å²) in [5, 5.41) is 0.806. The van der Waals surface area contributed by atoms with Gasteiger partial charge in [0.05, 0.1) is 29.5 Å². The van der Waals surface area contributed by atoms with E-state index in [1.807, 2.05) is 31.2 Å². The molecule has 1 aromatic carbocycles. The fourth-order valence-electron chi connectivity index (χ4n) is 2.38. The van der Waals surface area contributed by atoms with E-state index in [4.69, 9.17) is 4.74 Å². The molecule has 8 heteroatoms. The van der Waals surface area contributed by atoms with Gasteiger partial charge in [-0.3, -0.25) is 0 Å². The molecule has 1 aliphatic rings. The molecule has 1 saturated heterocycles. The lowest BCUT2D eigenvalue weighted by Crippen LogP contribution is -2.47. The summed E-state index contributed by atoms with van der Waals surface area (Å²) in [6.45, 7) is 3.57. The second-order valence-electron chi connectivity index (χ2n) is 5.23. The molecule has 2 aromatic rings. The number of thiazole rings is 1. The molecule has 1 unspecified atom stereocenters. The smallest absolute Gasteiger partial charge is 0.282 e. The molecule has 2 heterocycles. The molecule has 1 atom stereocenters. The second kappa shape index (κ2) is 6.21. The number of ether oxygens (including phenoxy) is 1. The monoisotopic (exact) mass is 341 g/mol. The lowest BCUT2D eigenvalue weighted by atomic mass is 10.3. The molecule has 0 spiro atoms. The summed E-state index contributed by atoms with van der Waals surface area (Å²) in [7, 11) is -1.88. The van der Waals surface area contributed by atoms with Crippen molar-refractivity contribution in [2.45, 2.75) is 13.0 Å². The molecule has 3 rings (SSSR count). The van der Waals surface area contributed by atoms with E-state index in [1.165, 1.54) is 19.9 Å². The molecule has 0 saturated carbocycles. The third-order valence-electron chi connectivity index (χ3n) is 3.87. The highest BCUT2D eigenvalue weighted by Gasteiger charge is 2.33. The molecular formula is C14H19N3O3S2. The fraction of sp³-hybridized carbons (Fsp3) is 0.500. The van der Waals surface area contributed by atoms with Crippen LogP contribution in [-0.4, -0.2) is 55.4 Å². The van der Waals surface area contributed by atoms with E-state index in [-0.39, 0.29) is 6.04 Å². The van der Waals surface area contributed by atoms with Gasteiger partial charge in [-0.05, 0) is 19.1 Å². The minimum Gasteiger partial charge on any atom is -0.379 e. The van der Waals surface area contributed by atoms with Crippen LogP contribution in [0.4, 0.5) is 0 Å². The van der Waals surface area contributed by atoms with Crippen molar-refractivity contribution in [1.29, 1.82) is 0 Å². The molecule has 120 valence electrons. The van der Waals surface area contributed by atoms with Crippen molar-refractivity contribution in [1.82, 2.24) is 13.6 Å². The maximum absolute atomic E-state index is 12.7. The zero-order chi connectivity index (χ0) is 15.7. The van der Waals surface area contributed by atoms with Gasteiger partial charge in [-0.25, -0.2) is 4.98 Å². The van der Waals surface area contributed by atoms with Crippen molar-refractivity contribution in [2.24, 2.45) is 0 Å². The van der Waals surface area contributed by atoms with Gasteiger partial charge in [0.1, 0.15) is 5.01 Å². The number of rotatable bonds is 4. The van der Waals surface area contributed by atoms with Gasteiger partial charge in [-0.2, -0.15) is 17.0 Å². The Hall–Kier alpha value is -1.06. The van der Waals surface area contributed by atoms with Crippen molar-refractivity contribution in [3.8, 4) is 0 Å². The van der Waals surface area contributed by atoms with Crippen LogP contribution in [0.1, 0.15) is 18.0 Å². The first-order chi connectivity index (χ1) is 10.5. The predicted octanol–water partition coefficient (Wildman–Crippen LogP) is 1.87. The van der Waals surface area contributed by atoms with Crippen molar-refractivity contribution < 1.29 is 13.2 Å². The Morgan fingerprint density at radius 1 is 1.32 bits per heavy atom. The summed E-state index contributed by atoms with van der Waals surface area (Å²) in [4.78, 5) is 4.56. The number of hydrogen-bond acceptors (Lipinski definition) is 5. The van der Waals surface area contributed by atoms with Gasteiger partial charge in [0.2, 0.25) is 0 Å². The molecule has 1 fully saturated rings. The summed E-state index contributed by atoms with van der Waals surface area (Å²) in [6.07, 6.45) is 0. The van der Waals surface area contributed by atoms with Crippen molar-refractivity contribution in [3.63, 3.8) is 0 Å². The van der Waals surface area contributed by atoms with E-state index in [1.54, 1.807) is 7.05 Å². The average molecular weight is 341 g/mol. The van der Waals surface area contributed by atoms with E-state index < -0.39 is 10.2 Å². The number of benzene rings is 1. The van der Waals surface area contributed by atoms with Gasteiger partial charge in [-0.1, -0.05) is 12.1 Å². The van der Waals surface area contributed by atoms with Crippen LogP contribution in [0.25, 0.3) is 10.2 Å². The SMILES string of the molecule is CC(c1nc2ccccc2s1)N(C)S(=O)(=O)N1CCOCC1. The summed E-state index contributed by atoms with van der Waals surface area (Å²) < 4.78 is 34.5. The van der Waals surface area contributed by atoms with Crippen LogP contribution in [-0.2, 0) is 14.9 Å². The largest absolute Gasteiger partial charge is 0.379 e. The predicted molar refractivity (Wildman–Crippen MR) is 87.1 cm³/mol. The molecular weight excluding hydrogens is 322 g/mol. The lowest BCUT2D eigenvalue weighted by molar-refractivity contribution is 0.0700. The molecule has 0 amide bonds. The van der Waals surface area contributed by atoms with Crippen LogP contribution >= 0.6 is 11.3 Å². The minimum atomic E-state index is -3.49. The third kappa shape index (κ3) is 2.89. The average Bonchev–Trinajstić information content (AvgIpc) is 2.98. The van der Waals surface area contributed by atoms with Crippen LogP contribution in [0, 0.1) is 0 Å². The number of aromatic nitrogens is 1. The first-order valence-corrected chi connectivity index (χ1v) is 9.38. The van der Waals surface area contributed by atoms with E-state index in [0.29, 0.717) is 26.3 Å². The highest BCUT2D eigenvalue weighted by molar-refractivity contribution is 7.86. The Bertz CT molecular complexity index is 721. The van der Waals surface area contributed by atoms with Crippen molar-refractivity contribution >= 4 is 31.8 Å². The molecule has 0 aliphatic carbocycles. The maximum Gasteiger partial charge on any atom is 0.282 e. The Labute approximate surface area is 134 Å². The standard InChI is InChI=1S/C14H19N3O3S2/c1-11(14-15-12-5-3-4-6-13(12)21-14)16(2)22(18,19)17-7-9-20-10-8-17/h3-6,11H,7-10H2,1-2H3. The first-order valence-electron chi connectivity index (χ1n) is 7.16. The van der Waals surface area contributed by atoms with Crippen LogP contribution in [0.2, 0.25) is 0 Å². The van der Waals surface area contributed by atoms with Gasteiger partial charge < -0.3 is 4.74 Å². The molecule has 22 heavy (non-hydrogen) atoms. The molecule has 1 aliphatic heterocycles. The molecule has 0 bridgehead atoms. The van der Waals surface area contributed by atoms with Crippen LogP contribution < -0.4 is 0 Å². The zero-order valence-electron chi connectivity index (χ0n) is 12.6. The van der Waals surface area contributed by atoms with Crippen LogP contribution in [0.3, 0.4) is 0 Å². The van der Waals surface area contributed by atoms with Gasteiger partial charge in [0.25, 0.3) is 10.2 Å². The van der Waals surface area contributed by atoms with Crippen LogP contribution in [0.5, 0.6) is 0 Å². The van der Waals surface area contributed by atoms with E-state index in [2.05, 4.69) is 4.98 Å². The fourth-order valence-corrected chi connectivity index (χ4v) is 4.99. The molecule has 0 radical (unpaired) electrons. The Morgan fingerprint density at radius 3 is 2.68 bits per heavy atom. The van der Waals surface area contributed by atoms with Gasteiger partial charge in [0.15, 0.2) is 0 Å². The quantitative estimate of drug-likeness (QED) is 0.852. The van der Waals surface area contributed by atoms with E-state index >= 15 is 0 Å². The van der Waals surface area contributed by atoms with E-state index in [0.717, 1.165) is 15.2 Å². The Kier molecular flexibility index (Phi) is 4.47. The van der Waals surface area contributed by atoms with Gasteiger partial charge >= 0.3 is 0 Å². The minimum absolute atomic E-state index is 0.301. The molecule has 0 N–H and O–H groups in total. The maximum atomic E-state index is 12.7. The molecule has 6 nitrogen and oxygen atoms in total. The number of nitrogens with zero attached hydrogens (tertiary/aromatic N) is 3. The van der Waals surface area contributed by atoms with Crippen molar-refractivity contribution in [2.75, 3.05) is 33.4 Å². The van der Waals surface area contributed by atoms with Crippen LogP contribution in [0.15, 0.2) is 24.3 Å². The first kappa shape index (κ1) is 15.8. The lowest BCUT2D eigenvalue weighted by Gasteiger charge is -2.32. The number of para-hydroxylation sites is 1. The summed E-state index contributed by atoms with van der Waals surface area (Å²) in [6, 6.07) is 7.54. The normalized spacial score (nSPS) is 18.9. The van der Waals surface area contributed by atoms with E-state index in [9.17, 15) is 8.42 Å². The second-order valence-corrected chi connectivity index (χ2v) is 8.28. The number of fused-ring (bicyclic) bond motifs is 1. The summed E-state index contributed by atoms with van der Waals surface area (Å²) in [5.74, 6) is 0. The highest BCUT2D eigenvalue weighted by atomic mass is 32.2. The van der Waals surface area contributed by atoms with Gasteiger partial charge in [0, 0.05) is 20.1 Å². The zero-order valence-corrected chi connectivity index (χ0v) is 14.2.